The molecule has 1 rings (SSSR count). The lowest BCUT2D eigenvalue weighted by Crippen LogP contribution is -2.33. The average Bonchev–Trinajstić information content (AvgIpc) is 2.15. The lowest BCUT2D eigenvalue weighted by atomic mass is 9.84. The topological polar surface area (TPSA) is 55.1 Å². The highest BCUT2D eigenvalue weighted by Gasteiger charge is 2.21. The summed E-state index contributed by atoms with van der Waals surface area (Å²) in [6, 6.07) is 0.316. The summed E-state index contributed by atoms with van der Waals surface area (Å²) in [6.07, 6.45) is 6.19. The molecule has 3 heteroatoms. The summed E-state index contributed by atoms with van der Waals surface area (Å²) in [6.45, 7) is 7.37. The van der Waals surface area contributed by atoms with Crippen LogP contribution in [0.15, 0.2) is 0 Å². The van der Waals surface area contributed by atoms with Gasteiger partial charge in [-0.1, -0.05) is 27.2 Å². The second kappa shape index (κ2) is 6.39. The Hall–Kier alpha value is -0.570. The Bertz CT molecular complexity index is 245. The van der Waals surface area contributed by atoms with Gasteiger partial charge in [-0.05, 0) is 37.0 Å². The van der Waals surface area contributed by atoms with E-state index in [0.29, 0.717) is 23.8 Å². The molecule has 100 valence electrons. The van der Waals surface area contributed by atoms with Crippen LogP contribution >= 0.6 is 0 Å². The van der Waals surface area contributed by atoms with Crippen molar-refractivity contribution in [2.24, 2.45) is 17.1 Å². The Morgan fingerprint density at radius 3 is 2.65 bits per heavy atom. The summed E-state index contributed by atoms with van der Waals surface area (Å²) in [7, 11) is 0. The van der Waals surface area contributed by atoms with Gasteiger partial charge in [-0.2, -0.15) is 0 Å². The van der Waals surface area contributed by atoms with Gasteiger partial charge in [0.05, 0.1) is 0 Å². The molecule has 0 aromatic heterocycles. The molecule has 1 amide bonds. The maximum absolute atomic E-state index is 11.8. The molecule has 1 fully saturated rings. The Morgan fingerprint density at radius 2 is 2.06 bits per heavy atom. The van der Waals surface area contributed by atoms with E-state index in [1.165, 1.54) is 12.8 Å². The standard InChI is InChI=1S/C14H28N2O/c1-14(2,3)7-8-16-13(17)10-11-5-4-6-12(15)9-11/h11-12H,4-10,15H2,1-3H3,(H,16,17). The Labute approximate surface area is 106 Å². The SMILES string of the molecule is CC(C)(C)CCNC(=O)CC1CCCC(N)C1. The minimum atomic E-state index is 0.202. The molecular weight excluding hydrogens is 212 g/mol. The zero-order chi connectivity index (χ0) is 12.9. The highest BCUT2D eigenvalue weighted by atomic mass is 16.1. The Kier molecular flexibility index (Phi) is 5.44. The van der Waals surface area contributed by atoms with Crippen molar-refractivity contribution >= 4 is 5.91 Å². The second-order valence-corrected chi connectivity index (χ2v) is 6.66. The number of carbonyl (C=O) groups excluding carboxylic acids is 1. The van der Waals surface area contributed by atoms with Gasteiger partial charge in [0.15, 0.2) is 0 Å². The number of nitrogens with one attached hydrogen (secondary N) is 1. The minimum absolute atomic E-state index is 0.202. The van der Waals surface area contributed by atoms with E-state index in [4.69, 9.17) is 5.73 Å². The molecule has 2 unspecified atom stereocenters. The van der Waals surface area contributed by atoms with Crippen LogP contribution in [0, 0.1) is 11.3 Å². The van der Waals surface area contributed by atoms with E-state index in [0.717, 1.165) is 25.8 Å². The molecule has 0 spiro atoms. The lowest BCUT2D eigenvalue weighted by molar-refractivity contribution is -0.122. The molecule has 0 aromatic carbocycles. The van der Waals surface area contributed by atoms with E-state index >= 15 is 0 Å². The van der Waals surface area contributed by atoms with Gasteiger partial charge in [0.2, 0.25) is 5.91 Å². The van der Waals surface area contributed by atoms with E-state index in [-0.39, 0.29) is 5.91 Å². The molecule has 2 atom stereocenters. The maximum Gasteiger partial charge on any atom is 0.220 e. The van der Waals surface area contributed by atoms with Crippen molar-refractivity contribution < 1.29 is 4.79 Å². The van der Waals surface area contributed by atoms with Crippen LogP contribution in [0.3, 0.4) is 0 Å². The molecule has 1 saturated carbocycles. The van der Waals surface area contributed by atoms with E-state index in [2.05, 4.69) is 26.1 Å². The summed E-state index contributed by atoms with van der Waals surface area (Å²) in [5.41, 5.74) is 6.22. The smallest absolute Gasteiger partial charge is 0.220 e. The summed E-state index contributed by atoms with van der Waals surface area (Å²) in [5, 5.41) is 3.02. The highest BCUT2D eigenvalue weighted by Crippen LogP contribution is 2.25. The van der Waals surface area contributed by atoms with Gasteiger partial charge in [0, 0.05) is 19.0 Å². The van der Waals surface area contributed by atoms with Gasteiger partial charge in [-0.25, -0.2) is 0 Å². The largest absolute Gasteiger partial charge is 0.356 e. The quantitative estimate of drug-likeness (QED) is 0.793. The van der Waals surface area contributed by atoms with Crippen molar-refractivity contribution in [1.29, 1.82) is 0 Å². The van der Waals surface area contributed by atoms with Gasteiger partial charge in [0.1, 0.15) is 0 Å². The van der Waals surface area contributed by atoms with Crippen LogP contribution in [-0.2, 0) is 4.79 Å². The maximum atomic E-state index is 11.8. The number of carbonyl (C=O) groups is 1. The van der Waals surface area contributed by atoms with E-state index < -0.39 is 0 Å². The van der Waals surface area contributed by atoms with Crippen molar-refractivity contribution in [2.75, 3.05) is 6.54 Å². The van der Waals surface area contributed by atoms with E-state index in [9.17, 15) is 4.79 Å². The highest BCUT2D eigenvalue weighted by molar-refractivity contribution is 5.76. The zero-order valence-electron chi connectivity index (χ0n) is 11.6. The predicted octanol–water partition coefficient (Wildman–Crippen LogP) is 2.45. The van der Waals surface area contributed by atoms with Crippen LogP contribution in [-0.4, -0.2) is 18.5 Å². The first kappa shape index (κ1) is 14.5. The van der Waals surface area contributed by atoms with Crippen LogP contribution in [0.25, 0.3) is 0 Å². The molecular formula is C14H28N2O. The van der Waals surface area contributed by atoms with Crippen molar-refractivity contribution in [3.8, 4) is 0 Å². The van der Waals surface area contributed by atoms with Crippen molar-refractivity contribution in [1.82, 2.24) is 5.32 Å². The number of nitrogens with two attached hydrogens (primary N) is 1. The normalized spacial score (nSPS) is 25.6. The van der Waals surface area contributed by atoms with Crippen molar-refractivity contribution in [2.45, 2.75) is 65.3 Å². The first-order chi connectivity index (χ1) is 7.87. The predicted molar refractivity (Wildman–Crippen MR) is 71.6 cm³/mol. The number of hydrogen-bond acceptors (Lipinski definition) is 2. The fourth-order valence-corrected chi connectivity index (χ4v) is 2.43. The van der Waals surface area contributed by atoms with Gasteiger partial charge in [-0.3, -0.25) is 4.79 Å². The summed E-state index contributed by atoms with van der Waals surface area (Å²) >= 11 is 0. The van der Waals surface area contributed by atoms with Crippen LogP contribution in [0.5, 0.6) is 0 Å². The summed E-state index contributed by atoms with van der Waals surface area (Å²) in [4.78, 5) is 11.8. The zero-order valence-corrected chi connectivity index (χ0v) is 11.6. The molecule has 0 radical (unpaired) electrons. The first-order valence-corrected chi connectivity index (χ1v) is 6.89. The van der Waals surface area contributed by atoms with Crippen LogP contribution in [0.4, 0.5) is 0 Å². The third kappa shape index (κ3) is 6.67. The summed E-state index contributed by atoms with van der Waals surface area (Å²) in [5.74, 6) is 0.710. The number of amides is 1. The first-order valence-electron chi connectivity index (χ1n) is 6.89. The van der Waals surface area contributed by atoms with Crippen LogP contribution in [0.1, 0.15) is 59.3 Å². The minimum Gasteiger partial charge on any atom is -0.356 e. The van der Waals surface area contributed by atoms with Crippen LogP contribution in [0.2, 0.25) is 0 Å². The third-order valence-corrected chi connectivity index (χ3v) is 3.49. The Balaban J connectivity index is 2.16. The van der Waals surface area contributed by atoms with Crippen molar-refractivity contribution in [3.63, 3.8) is 0 Å². The van der Waals surface area contributed by atoms with E-state index in [1.807, 2.05) is 0 Å². The molecule has 1 aliphatic carbocycles. The van der Waals surface area contributed by atoms with Crippen molar-refractivity contribution in [3.05, 3.63) is 0 Å². The second-order valence-electron chi connectivity index (χ2n) is 6.66. The molecule has 0 aliphatic heterocycles. The molecule has 0 saturated heterocycles. The lowest BCUT2D eigenvalue weighted by Gasteiger charge is -2.26. The molecule has 0 bridgehead atoms. The molecule has 0 heterocycles. The van der Waals surface area contributed by atoms with Gasteiger partial charge < -0.3 is 11.1 Å². The fourth-order valence-electron chi connectivity index (χ4n) is 2.43. The summed E-state index contributed by atoms with van der Waals surface area (Å²) < 4.78 is 0. The van der Waals surface area contributed by atoms with Gasteiger partial charge in [0.25, 0.3) is 0 Å². The average molecular weight is 240 g/mol. The molecule has 1 aliphatic rings. The molecule has 3 N–H and O–H groups in total. The molecule has 3 nitrogen and oxygen atoms in total. The van der Waals surface area contributed by atoms with E-state index in [1.54, 1.807) is 0 Å². The Morgan fingerprint density at radius 1 is 1.35 bits per heavy atom. The molecule has 0 aromatic rings. The van der Waals surface area contributed by atoms with Gasteiger partial charge in [-0.15, -0.1) is 0 Å². The number of hydrogen-bond donors (Lipinski definition) is 2. The fraction of sp³-hybridized carbons (Fsp3) is 0.929. The van der Waals surface area contributed by atoms with Crippen LogP contribution < -0.4 is 11.1 Å². The third-order valence-electron chi connectivity index (χ3n) is 3.49. The monoisotopic (exact) mass is 240 g/mol. The molecule has 17 heavy (non-hydrogen) atoms. The van der Waals surface area contributed by atoms with Gasteiger partial charge >= 0.3 is 0 Å². The number of rotatable bonds is 4.